The van der Waals surface area contributed by atoms with E-state index in [1.165, 1.54) is 0 Å². The first-order valence-corrected chi connectivity index (χ1v) is 7.15. The number of nitrogens with two attached hydrogens (primary N) is 1. The highest BCUT2D eigenvalue weighted by Crippen LogP contribution is 2.31. The summed E-state index contributed by atoms with van der Waals surface area (Å²) in [5.74, 6) is -0.0844. The molecular formula is C13H24N2O3S. The number of carbonyl (C=O) groups is 1. The van der Waals surface area contributed by atoms with Crippen molar-refractivity contribution in [3.05, 3.63) is 0 Å². The van der Waals surface area contributed by atoms with Gasteiger partial charge in [-0.3, -0.25) is 4.79 Å². The largest absolute Gasteiger partial charge is 0.392 e. The van der Waals surface area contributed by atoms with Crippen molar-refractivity contribution in [2.45, 2.75) is 38.6 Å². The molecule has 0 aliphatic carbocycles. The molecule has 0 bridgehead atoms. The van der Waals surface area contributed by atoms with Gasteiger partial charge in [0.05, 0.1) is 17.6 Å². The highest BCUT2D eigenvalue weighted by Gasteiger charge is 2.43. The molecule has 3 N–H and O–H groups in total. The zero-order valence-electron chi connectivity index (χ0n) is 11.7. The lowest BCUT2D eigenvalue weighted by molar-refractivity contribution is -0.132. The van der Waals surface area contributed by atoms with Gasteiger partial charge < -0.3 is 20.5 Å². The van der Waals surface area contributed by atoms with Crippen LogP contribution >= 0.6 is 12.2 Å². The maximum atomic E-state index is 12.5. The van der Waals surface area contributed by atoms with Crippen molar-refractivity contribution >= 4 is 23.1 Å². The second-order valence-corrected chi connectivity index (χ2v) is 5.41. The van der Waals surface area contributed by atoms with Crippen molar-refractivity contribution in [2.24, 2.45) is 11.1 Å². The van der Waals surface area contributed by atoms with E-state index in [0.717, 1.165) is 12.8 Å². The van der Waals surface area contributed by atoms with Gasteiger partial charge in [0.1, 0.15) is 5.41 Å². The SMILES string of the molecule is CCCC(COC)NC(=O)C1(C(N)=S)CCOCC1. The van der Waals surface area contributed by atoms with Gasteiger partial charge in [0.2, 0.25) is 5.91 Å². The van der Waals surface area contributed by atoms with E-state index in [1.54, 1.807) is 7.11 Å². The molecule has 0 radical (unpaired) electrons. The van der Waals surface area contributed by atoms with Gasteiger partial charge >= 0.3 is 0 Å². The Kier molecular flexibility index (Phi) is 6.68. The minimum atomic E-state index is -0.757. The molecule has 1 atom stereocenters. The Morgan fingerprint density at radius 3 is 2.63 bits per heavy atom. The van der Waals surface area contributed by atoms with Gasteiger partial charge in [0.25, 0.3) is 0 Å². The van der Waals surface area contributed by atoms with Gasteiger partial charge in [-0.15, -0.1) is 0 Å². The molecule has 0 aromatic rings. The van der Waals surface area contributed by atoms with Gasteiger partial charge in [-0.05, 0) is 19.3 Å². The summed E-state index contributed by atoms with van der Waals surface area (Å²) >= 11 is 5.12. The molecule has 0 spiro atoms. The van der Waals surface area contributed by atoms with Crippen LogP contribution in [0.25, 0.3) is 0 Å². The highest BCUT2D eigenvalue weighted by molar-refractivity contribution is 7.80. The van der Waals surface area contributed by atoms with E-state index in [0.29, 0.717) is 32.7 Å². The summed E-state index contributed by atoms with van der Waals surface area (Å²) in [5.41, 5.74) is 5.05. The molecule has 0 aromatic heterocycles. The Balaban J connectivity index is 2.73. The van der Waals surface area contributed by atoms with Crippen molar-refractivity contribution in [3.63, 3.8) is 0 Å². The zero-order chi connectivity index (χ0) is 14.3. The van der Waals surface area contributed by atoms with Gasteiger partial charge in [-0.1, -0.05) is 25.6 Å². The fraction of sp³-hybridized carbons (Fsp3) is 0.846. The lowest BCUT2D eigenvalue weighted by Crippen LogP contribution is -2.54. The quantitative estimate of drug-likeness (QED) is 0.684. The first kappa shape index (κ1) is 16.3. The Hall–Kier alpha value is -0.720. The molecule has 1 aliphatic heterocycles. The fourth-order valence-electron chi connectivity index (χ4n) is 2.38. The number of hydrogen-bond acceptors (Lipinski definition) is 4. The monoisotopic (exact) mass is 288 g/mol. The van der Waals surface area contributed by atoms with Gasteiger partial charge in [-0.25, -0.2) is 0 Å². The summed E-state index contributed by atoms with van der Waals surface area (Å²) in [6.07, 6.45) is 2.97. The molecule has 1 aliphatic rings. The highest BCUT2D eigenvalue weighted by atomic mass is 32.1. The number of nitrogens with one attached hydrogen (secondary N) is 1. The minimum absolute atomic E-state index is 0.0107. The van der Waals surface area contributed by atoms with Crippen LogP contribution < -0.4 is 11.1 Å². The molecule has 1 fully saturated rings. The van der Waals surface area contributed by atoms with E-state index in [-0.39, 0.29) is 16.9 Å². The topological polar surface area (TPSA) is 73.6 Å². The molecule has 0 aromatic carbocycles. The van der Waals surface area contributed by atoms with Crippen LogP contribution in [0.4, 0.5) is 0 Å². The fourth-order valence-corrected chi connectivity index (χ4v) is 2.67. The minimum Gasteiger partial charge on any atom is -0.392 e. The summed E-state index contributed by atoms with van der Waals surface area (Å²) in [7, 11) is 1.63. The van der Waals surface area contributed by atoms with Crippen LogP contribution in [-0.4, -0.2) is 43.9 Å². The third-order valence-electron chi connectivity index (χ3n) is 3.59. The molecule has 5 nitrogen and oxygen atoms in total. The Morgan fingerprint density at radius 1 is 1.53 bits per heavy atom. The molecule has 110 valence electrons. The molecule has 0 saturated carbocycles. The summed E-state index contributed by atoms with van der Waals surface area (Å²) in [4.78, 5) is 12.8. The van der Waals surface area contributed by atoms with Crippen molar-refractivity contribution in [1.29, 1.82) is 0 Å². The van der Waals surface area contributed by atoms with E-state index in [9.17, 15) is 4.79 Å². The summed E-state index contributed by atoms with van der Waals surface area (Å²) < 4.78 is 10.4. The number of hydrogen-bond donors (Lipinski definition) is 2. The number of methoxy groups -OCH3 is 1. The first-order valence-electron chi connectivity index (χ1n) is 6.74. The van der Waals surface area contributed by atoms with Crippen LogP contribution in [0.3, 0.4) is 0 Å². The van der Waals surface area contributed by atoms with Crippen LogP contribution in [0.2, 0.25) is 0 Å². The van der Waals surface area contributed by atoms with E-state index >= 15 is 0 Å². The second kappa shape index (κ2) is 7.77. The van der Waals surface area contributed by atoms with E-state index in [4.69, 9.17) is 27.4 Å². The maximum Gasteiger partial charge on any atom is 0.233 e. The van der Waals surface area contributed by atoms with Crippen molar-refractivity contribution in [3.8, 4) is 0 Å². The van der Waals surface area contributed by atoms with Gasteiger partial charge in [-0.2, -0.15) is 0 Å². The predicted molar refractivity (Wildman–Crippen MR) is 78.0 cm³/mol. The Labute approximate surface area is 120 Å². The zero-order valence-corrected chi connectivity index (χ0v) is 12.6. The van der Waals surface area contributed by atoms with Crippen LogP contribution in [0.5, 0.6) is 0 Å². The third kappa shape index (κ3) is 4.12. The second-order valence-electron chi connectivity index (χ2n) is 4.97. The number of ether oxygens (including phenoxy) is 2. The molecule has 1 saturated heterocycles. The number of carbonyl (C=O) groups excluding carboxylic acids is 1. The van der Waals surface area contributed by atoms with E-state index < -0.39 is 5.41 Å². The van der Waals surface area contributed by atoms with Crippen LogP contribution in [0, 0.1) is 5.41 Å². The number of thiocarbonyl (C=S) groups is 1. The molecule has 1 amide bonds. The standard InChI is InChI=1S/C13H24N2O3S/c1-3-4-10(9-17-2)15-12(16)13(11(14)19)5-7-18-8-6-13/h10H,3-9H2,1-2H3,(H2,14,19)(H,15,16). The van der Waals surface area contributed by atoms with Crippen molar-refractivity contribution in [2.75, 3.05) is 26.9 Å². The summed E-state index contributed by atoms with van der Waals surface area (Å²) in [5, 5.41) is 3.02. The number of rotatable bonds is 7. The molecule has 1 heterocycles. The Bertz CT molecular complexity index is 311. The van der Waals surface area contributed by atoms with Crippen LogP contribution in [-0.2, 0) is 14.3 Å². The van der Waals surface area contributed by atoms with Crippen LogP contribution in [0.1, 0.15) is 32.6 Å². The predicted octanol–water partition coefficient (Wildman–Crippen LogP) is 1.00. The van der Waals surface area contributed by atoms with E-state index in [1.807, 2.05) is 0 Å². The van der Waals surface area contributed by atoms with Gasteiger partial charge in [0, 0.05) is 20.3 Å². The van der Waals surface area contributed by atoms with Gasteiger partial charge in [0.15, 0.2) is 0 Å². The average molecular weight is 288 g/mol. The van der Waals surface area contributed by atoms with Crippen molar-refractivity contribution in [1.82, 2.24) is 5.32 Å². The molecule has 1 unspecified atom stereocenters. The average Bonchev–Trinajstić information content (AvgIpc) is 2.39. The lowest BCUT2D eigenvalue weighted by Gasteiger charge is -2.36. The van der Waals surface area contributed by atoms with Crippen molar-refractivity contribution < 1.29 is 14.3 Å². The summed E-state index contributed by atoms with van der Waals surface area (Å²) in [6, 6.07) is 0.0107. The lowest BCUT2D eigenvalue weighted by atomic mass is 9.79. The summed E-state index contributed by atoms with van der Waals surface area (Å²) in [6.45, 7) is 3.62. The third-order valence-corrected chi connectivity index (χ3v) is 3.98. The first-order chi connectivity index (χ1) is 9.06. The normalized spacial score (nSPS) is 19.7. The molecule has 6 heteroatoms. The molecule has 1 rings (SSSR count). The Morgan fingerprint density at radius 2 is 2.16 bits per heavy atom. The maximum absolute atomic E-state index is 12.5. The molecular weight excluding hydrogens is 264 g/mol. The smallest absolute Gasteiger partial charge is 0.233 e. The number of amides is 1. The molecule has 19 heavy (non-hydrogen) atoms. The van der Waals surface area contributed by atoms with Crippen LogP contribution in [0.15, 0.2) is 0 Å². The van der Waals surface area contributed by atoms with E-state index in [2.05, 4.69) is 12.2 Å².